The van der Waals surface area contributed by atoms with Crippen molar-refractivity contribution >= 4 is 29.2 Å². The third-order valence-corrected chi connectivity index (χ3v) is 6.87. The van der Waals surface area contributed by atoms with Gasteiger partial charge in [-0.1, -0.05) is 30.3 Å². The zero-order valence-corrected chi connectivity index (χ0v) is 20.1. The Morgan fingerprint density at radius 2 is 1.92 bits per heavy atom. The molecule has 0 spiro atoms. The van der Waals surface area contributed by atoms with Gasteiger partial charge in [0.15, 0.2) is 0 Å². The molecule has 7 nitrogen and oxygen atoms in total. The summed E-state index contributed by atoms with van der Waals surface area (Å²) in [5, 5.41) is 15.9. The third-order valence-electron chi connectivity index (χ3n) is 6.87. The zero-order chi connectivity index (χ0) is 25.2. The number of rotatable bonds is 7. The average molecular weight is 489 g/mol. The molecule has 2 aliphatic heterocycles. The van der Waals surface area contributed by atoms with Gasteiger partial charge in [0, 0.05) is 41.8 Å². The summed E-state index contributed by atoms with van der Waals surface area (Å²) in [6.45, 7) is 4.47. The second kappa shape index (κ2) is 10.1. The number of aliphatic hydroxyl groups excluding tert-OH is 1. The molecule has 36 heavy (non-hydrogen) atoms. The van der Waals surface area contributed by atoms with Crippen LogP contribution in [0, 0.1) is 12.7 Å². The average Bonchev–Trinajstić information content (AvgIpc) is 3.58. The maximum Gasteiger partial charge on any atom is 0.256 e. The summed E-state index contributed by atoms with van der Waals surface area (Å²) < 4.78 is 14.6. The molecule has 0 radical (unpaired) electrons. The van der Waals surface area contributed by atoms with Crippen molar-refractivity contribution in [2.75, 3.05) is 31.5 Å². The molecular formula is C28H29FN4O3. The molecule has 4 N–H and O–H groups in total. The lowest BCUT2D eigenvalue weighted by atomic mass is 9.94. The van der Waals surface area contributed by atoms with Crippen molar-refractivity contribution in [3.05, 3.63) is 76.9 Å². The number of hydrogen-bond donors (Lipinski definition) is 4. The predicted octanol–water partition coefficient (Wildman–Crippen LogP) is 3.81. The van der Waals surface area contributed by atoms with E-state index in [0.29, 0.717) is 51.3 Å². The van der Waals surface area contributed by atoms with E-state index in [1.807, 2.05) is 0 Å². The highest BCUT2D eigenvalue weighted by molar-refractivity contribution is 6.36. The number of nitrogens with zero attached hydrogens (tertiary/aromatic N) is 1. The molecule has 2 aliphatic rings. The molecule has 2 amide bonds. The molecule has 0 bridgehead atoms. The van der Waals surface area contributed by atoms with Gasteiger partial charge in [0.25, 0.3) is 11.8 Å². The summed E-state index contributed by atoms with van der Waals surface area (Å²) in [6.07, 6.45) is 4.94. The number of nitrogens with one attached hydrogen (secondary N) is 3. The summed E-state index contributed by atoms with van der Waals surface area (Å²) in [5.74, 6) is -0.956. The van der Waals surface area contributed by atoms with Gasteiger partial charge in [0.2, 0.25) is 0 Å². The number of carbonyl (C=O) groups excluding carboxylic acids is 2. The summed E-state index contributed by atoms with van der Waals surface area (Å²) in [7, 11) is 0. The van der Waals surface area contributed by atoms with Crippen LogP contribution in [0.1, 0.15) is 40.0 Å². The Balaban J connectivity index is 1.38. The van der Waals surface area contributed by atoms with Gasteiger partial charge in [-0.15, -0.1) is 0 Å². The van der Waals surface area contributed by atoms with Gasteiger partial charge >= 0.3 is 0 Å². The Morgan fingerprint density at radius 1 is 1.17 bits per heavy atom. The minimum Gasteiger partial charge on any atom is -0.390 e. The van der Waals surface area contributed by atoms with Gasteiger partial charge in [-0.2, -0.15) is 0 Å². The summed E-state index contributed by atoms with van der Waals surface area (Å²) in [6, 6.07) is 11.8. The molecule has 1 fully saturated rings. The highest BCUT2D eigenvalue weighted by Crippen LogP contribution is 2.41. The molecule has 8 heteroatoms. The molecule has 3 heterocycles. The quantitative estimate of drug-likeness (QED) is 0.380. The van der Waals surface area contributed by atoms with E-state index in [2.05, 4.69) is 20.5 Å². The predicted molar refractivity (Wildman–Crippen MR) is 138 cm³/mol. The topological polar surface area (TPSA) is 97.5 Å². The Hall–Kier alpha value is -3.75. The first-order valence-corrected chi connectivity index (χ1v) is 12.2. The molecular weight excluding hydrogens is 459 g/mol. The van der Waals surface area contributed by atoms with E-state index in [1.54, 1.807) is 55.6 Å². The number of H-pyrrole nitrogens is 1. The van der Waals surface area contributed by atoms with E-state index in [-0.39, 0.29) is 24.2 Å². The number of aliphatic hydroxyl groups is 1. The van der Waals surface area contributed by atoms with Crippen molar-refractivity contribution in [2.24, 2.45) is 0 Å². The van der Waals surface area contributed by atoms with Crippen LogP contribution in [0.25, 0.3) is 22.8 Å². The molecule has 0 aliphatic carbocycles. The van der Waals surface area contributed by atoms with E-state index >= 15 is 0 Å². The first-order valence-electron chi connectivity index (χ1n) is 12.2. The molecule has 5 rings (SSSR count). The molecule has 3 aromatic rings. The van der Waals surface area contributed by atoms with Crippen LogP contribution in [-0.4, -0.2) is 59.1 Å². The van der Waals surface area contributed by atoms with Crippen molar-refractivity contribution in [1.29, 1.82) is 0 Å². The monoisotopic (exact) mass is 488 g/mol. The van der Waals surface area contributed by atoms with Crippen molar-refractivity contribution in [3.63, 3.8) is 0 Å². The van der Waals surface area contributed by atoms with Gasteiger partial charge in [0.05, 0.1) is 17.2 Å². The van der Waals surface area contributed by atoms with E-state index in [4.69, 9.17) is 0 Å². The number of benzene rings is 2. The maximum atomic E-state index is 14.6. The molecule has 1 unspecified atom stereocenters. The van der Waals surface area contributed by atoms with Gasteiger partial charge in [-0.05, 0) is 62.2 Å². The van der Waals surface area contributed by atoms with Crippen molar-refractivity contribution in [1.82, 2.24) is 15.2 Å². The van der Waals surface area contributed by atoms with E-state index < -0.39 is 6.10 Å². The molecule has 1 atom stereocenters. The minimum absolute atomic E-state index is 0.165. The molecule has 2 aromatic carbocycles. The van der Waals surface area contributed by atoms with Gasteiger partial charge in [-0.3, -0.25) is 9.59 Å². The van der Waals surface area contributed by atoms with Crippen LogP contribution in [0.15, 0.2) is 48.7 Å². The Bertz CT molecular complexity index is 1340. The van der Waals surface area contributed by atoms with Gasteiger partial charge in [-0.25, -0.2) is 4.39 Å². The largest absolute Gasteiger partial charge is 0.390 e. The fraction of sp³-hybridized carbons (Fsp3) is 0.286. The van der Waals surface area contributed by atoms with Gasteiger partial charge in [0.1, 0.15) is 5.82 Å². The van der Waals surface area contributed by atoms with Crippen LogP contribution in [0.5, 0.6) is 0 Å². The van der Waals surface area contributed by atoms with E-state index in [1.165, 1.54) is 6.07 Å². The number of aromatic nitrogens is 1. The number of β-amino-alcohol motifs (C(OH)–C–C–N with tert-alkyl or cyclic N) is 1. The lowest BCUT2D eigenvalue weighted by molar-refractivity contribution is -0.110. The Kier molecular flexibility index (Phi) is 6.71. The molecule has 0 saturated carbocycles. The lowest BCUT2D eigenvalue weighted by Gasteiger charge is -2.19. The molecule has 1 aromatic heterocycles. The number of hydrogen-bond acceptors (Lipinski definition) is 4. The van der Waals surface area contributed by atoms with Crippen LogP contribution in [0.3, 0.4) is 0 Å². The molecule has 1 saturated heterocycles. The standard InChI is InChI=1S/C28H29FN4O3/c1-17-22(27(35)31-14-18(34)16-33-11-4-5-12-33)15-30-25(17)13-21-26-20(19-7-2-3-9-23(19)29)8-6-10-24(26)32-28(21)36/h2-3,6-10,13,15,18,30,34H,4-5,11-12,14,16H2,1H3,(H,31,35)(H,32,36). The SMILES string of the molecule is Cc1c(C(=O)NCC(O)CN2CCCC2)c[nH]c1C=C1C(=O)Nc2cccc(-c3ccccc3F)c21. The number of aromatic amines is 1. The number of likely N-dealkylation sites (tertiary alicyclic amines) is 1. The maximum absolute atomic E-state index is 14.6. The Morgan fingerprint density at radius 3 is 2.69 bits per heavy atom. The minimum atomic E-state index is -0.636. The first kappa shape index (κ1) is 24.0. The van der Waals surface area contributed by atoms with Crippen LogP contribution in [0.4, 0.5) is 10.1 Å². The fourth-order valence-corrected chi connectivity index (χ4v) is 4.97. The number of halogens is 1. The van der Waals surface area contributed by atoms with Crippen LogP contribution >= 0.6 is 0 Å². The van der Waals surface area contributed by atoms with Crippen molar-refractivity contribution < 1.29 is 19.1 Å². The highest BCUT2D eigenvalue weighted by atomic mass is 19.1. The number of fused-ring (bicyclic) bond motifs is 1. The summed E-state index contributed by atoms with van der Waals surface area (Å²) >= 11 is 0. The normalized spacial score (nSPS) is 17.3. The van der Waals surface area contributed by atoms with E-state index in [0.717, 1.165) is 25.9 Å². The lowest BCUT2D eigenvalue weighted by Crippen LogP contribution is -2.39. The smallest absolute Gasteiger partial charge is 0.256 e. The summed E-state index contributed by atoms with van der Waals surface area (Å²) in [4.78, 5) is 31.0. The Labute approximate surface area is 209 Å². The second-order valence-corrected chi connectivity index (χ2v) is 9.33. The zero-order valence-electron chi connectivity index (χ0n) is 20.1. The summed E-state index contributed by atoms with van der Waals surface area (Å²) in [5.41, 5.74) is 4.38. The van der Waals surface area contributed by atoms with Crippen LogP contribution < -0.4 is 10.6 Å². The van der Waals surface area contributed by atoms with Crippen LogP contribution in [-0.2, 0) is 4.79 Å². The fourth-order valence-electron chi connectivity index (χ4n) is 4.97. The van der Waals surface area contributed by atoms with Gasteiger partial charge < -0.3 is 25.6 Å². The molecule has 186 valence electrons. The highest BCUT2D eigenvalue weighted by Gasteiger charge is 2.29. The van der Waals surface area contributed by atoms with Crippen LogP contribution in [0.2, 0.25) is 0 Å². The van der Waals surface area contributed by atoms with E-state index in [9.17, 15) is 19.1 Å². The second-order valence-electron chi connectivity index (χ2n) is 9.33. The van der Waals surface area contributed by atoms with Crippen molar-refractivity contribution in [3.8, 4) is 11.1 Å². The van der Waals surface area contributed by atoms with Crippen molar-refractivity contribution in [2.45, 2.75) is 25.9 Å². The number of carbonyl (C=O) groups is 2. The third kappa shape index (κ3) is 4.69. The number of anilines is 1. The first-order chi connectivity index (χ1) is 17.4. The number of amides is 2.